The topological polar surface area (TPSA) is 129 Å². The van der Waals surface area contributed by atoms with Gasteiger partial charge in [0.2, 0.25) is 10.0 Å². The Hall–Kier alpha value is -2.82. The van der Waals surface area contributed by atoms with E-state index < -0.39 is 49.8 Å². The van der Waals surface area contributed by atoms with Crippen LogP contribution in [0.2, 0.25) is 5.02 Å². The number of nitrogens with one attached hydrogen (secondary N) is 2. The van der Waals surface area contributed by atoms with Crippen LogP contribution in [-0.4, -0.2) is 31.9 Å². The van der Waals surface area contributed by atoms with E-state index in [2.05, 4.69) is 10.6 Å². The second kappa shape index (κ2) is 7.89. The summed E-state index contributed by atoms with van der Waals surface area (Å²) in [5.41, 5.74) is -3.13. The number of anilines is 3. The molecule has 3 aromatic rings. The number of rotatable bonds is 6. The van der Waals surface area contributed by atoms with Crippen molar-refractivity contribution in [1.82, 2.24) is 4.31 Å². The zero-order chi connectivity index (χ0) is 26.8. The number of nitrogens with zero attached hydrogens (tertiary/aromatic N) is 1. The summed E-state index contributed by atoms with van der Waals surface area (Å²) in [6.07, 6.45) is 2.07. The van der Waals surface area contributed by atoms with Crippen molar-refractivity contribution in [1.29, 1.82) is 0 Å². The third kappa shape index (κ3) is 3.71. The summed E-state index contributed by atoms with van der Waals surface area (Å²) < 4.78 is 56.0. The van der Waals surface area contributed by atoms with E-state index in [0.29, 0.717) is 17.7 Å². The summed E-state index contributed by atoms with van der Waals surface area (Å²) in [5, 5.41) is 16.0. The lowest BCUT2D eigenvalue weighted by molar-refractivity contribution is 0.250. The normalized spacial score (nSPS) is 22.5. The molecule has 0 radical (unpaired) electrons. The Labute approximate surface area is 199 Å². The van der Waals surface area contributed by atoms with Gasteiger partial charge in [0.05, 0.1) is 23.0 Å². The number of hydrogen-bond acceptors (Lipinski definition) is 8. The Kier molecular flexibility index (Phi) is 4.70. The van der Waals surface area contributed by atoms with Gasteiger partial charge in [0.25, 0.3) is 10.9 Å². The van der Waals surface area contributed by atoms with Crippen LogP contribution in [0.1, 0.15) is 41.7 Å². The highest BCUT2D eigenvalue weighted by Crippen LogP contribution is 2.46. The number of fused-ring (bicyclic) bond motifs is 1. The first-order valence-electron chi connectivity index (χ1n) is 11.5. The van der Waals surface area contributed by atoms with Crippen molar-refractivity contribution in [2.75, 3.05) is 24.7 Å². The molecule has 1 aliphatic carbocycles. The molecule has 9 nitrogen and oxygen atoms in total. The van der Waals surface area contributed by atoms with Crippen LogP contribution in [0.15, 0.2) is 43.4 Å². The second-order valence-electron chi connectivity index (χ2n) is 8.39. The maximum Gasteiger partial charge on any atom is 0.253 e. The molecule has 0 saturated carbocycles. The summed E-state index contributed by atoms with van der Waals surface area (Å²) in [7, 11) is -1.62. The SMILES string of the molecule is [2H]C([2H])([2H])C1(C)CCc2occc2C1Nc1c(Nc2ccc(Cl)c(S(=O)(=O)N(C)C)c2O)c(=O)c1=O. The van der Waals surface area contributed by atoms with Crippen LogP contribution < -0.4 is 21.5 Å². The molecular weight excluding hydrogens is 470 g/mol. The van der Waals surface area contributed by atoms with E-state index in [4.69, 9.17) is 20.1 Å². The molecule has 33 heavy (non-hydrogen) atoms. The fourth-order valence-electron chi connectivity index (χ4n) is 3.91. The number of phenolic OH excluding ortho intramolecular Hbond substituents is 1. The van der Waals surface area contributed by atoms with Crippen molar-refractivity contribution in [3.05, 3.63) is 61.3 Å². The minimum Gasteiger partial charge on any atom is -0.504 e. The molecule has 11 heteroatoms. The number of benzene rings is 1. The second-order valence-corrected chi connectivity index (χ2v) is 10.9. The zero-order valence-corrected chi connectivity index (χ0v) is 19.6. The van der Waals surface area contributed by atoms with Gasteiger partial charge >= 0.3 is 0 Å². The van der Waals surface area contributed by atoms with Gasteiger partial charge in [0, 0.05) is 30.2 Å². The molecule has 1 aromatic heterocycles. The van der Waals surface area contributed by atoms with Crippen molar-refractivity contribution in [2.24, 2.45) is 5.41 Å². The standard InChI is InChI=1S/C22H24ClN3O6S/c1-22(2)9-7-14-11(8-10-32-14)21(22)25-16-15(18(28)19(16)29)24-13-6-5-12(23)20(17(13)27)33(30,31)26(3)4/h5-6,8,10,21,24-25,27H,7,9H2,1-4H3/i1D3. The Bertz CT molecular complexity index is 1530. The lowest BCUT2D eigenvalue weighted by atomic mass is 9.72. The van der Waals surface area contributed by atoms with Crippen molar-refractivity contribution < 1.29 is 22.1 Å². The summed E-state index contributed by atoms with van der Waals surface area (Å²) in [4.78, 5) is 24.4. The summed E-state index contributed by atoms with van der Waals surface area (Å²) >= 11 is 6.03. The molecule has 0 spiro atoms. The Morgan fingerprint density at radius 2 is 1.94 bits per heavy atom. The number of hydrogen-bond donors (Lipinski definition) is 3. The Morgan fingerprint density at radius 1 is 1.24 bits per heavy atom. The highest BCUT2D eigenvalue weighted by Gasteiger charge is 2.39. The third-order valence-electron chi connectivity index (χ3n) is 5.88. The van der Waals surface area contributed by atoms with E-state index in [9.17, 15) is 23.1 Å². The van der Waals surface area contributed by atoms with Gasteiger partial charge in [-0.1, -0.05) is 25.4 Å². The van der Waals surface area contributed by atoms with E-state index in [1.807, 2.05) is 0 Å². The lowest BCUT2D eigenvalue weighted by Gasteiger charge is -2.39. The van der Waals surface area contributed by atoms with Crippen LogP contribution in [0.4, 0.5) is 17.1 Å². The van der Waals surface area contributed by atoms with Gasteiger partial charge in [-0.2, -0.15) is 0 Å². The average molecular weight is 497 g/mol. The molecule has 1 heterocycles. The van der Waals surface area contributed by atoms with Gasteiger partial charge in [-0.25, -0.2) is 12.7 Å². The molecule has 2 unspecified atom stereocenters. The number of phenols is 1. The highest BCUT2D eigenvalue weighted by atomic mass is 35.5. The molecule has 176 valence electrons. The average Bonchev–Trinajstić information content (AvgIpc) is 3.26. The van der Waals surface area contributed by atoms with Crippen LogP contribution in [0.25, 0.3) is 0 Å². The molecule has 2 atom stereocenters. The van der Waals surface area contributed by atoms with E-state index in [0.717, 1.165) is 4.31 Å². The molecule has 2 aromatic carbocycles. The predicted octanol–water partition coefficient (Wildman–Crippen LogP) is 3.35. The molecule has 0 aliphatic heterocycles. The van der Waals surface area contributed by atoms with Crippen molar-refractivity contribution >= 4 is 38.7 Å². The molecule has 4 rings (SSSR count). The minimum absolute atomic E-state index is 0.179. The number of furan rings is 1. The van der Waals surface area contributed by atoms with Gasteiger partial charge in [0.15, 0.2) is 5.75 Å². The fraction of sp³-hybridized carbons (Fsp3) is 0.364. The zero-order valence-electron chi connectivity index (χ0n) is 21.0. The minimum atomic E-state index is -4.15. The first-order chi connectivity index (χ1) is 16.6. The van der Waals surface area contributed by atoms with Crippen molar-refractivity contribution in [2.45, 2.75) is 37.6 Å². The first-order valence-corrected chi connectivity index (χ1v) is 11.8. The van der Waals surface area contributed by atoms with E-state index >= 15 is 0 Å². The van der Waals surface area contributed by atoms with Gasteiger partial charge in [-0.15, -0.1) is 0 Å². The van der Waals surface area contributed by atoms with Gasteiger partial charge in [-0.05, 0) is 30.0 Å². The van der Waals surface area contributed by atoms with Crippen LogP contribution in [-0.2, 0) is 16.4 Å². The van der Waals surface area contributed by atoms with Gasteiger partial charge < -0.3 is 20.2 Å². The van der Waals surface area contributed by atoms with Crippen molar-refractivity contribution in [3.8, 4) is 5.75 Å². The molecule has 3 N–H and O–H groups in total. The Morgan fingerprint density at radius 3 is 2.61 bits per heavy atom. The van der Waals surface area contributed by atoms with Crippen LogP contribution in [0, 0.1) is 5.41 Å². The largest absolute Gasteiger partial charge is 0.504 e. The third-order valence-corrected chi connectivity index (χ3v) is 8.20. The van der Waals surface area contributed by atoms with E-state index in [1.54, 1.807) is 13.0 Å². The summed E-state index contributed by atoms with van der Waals surface area (Å²) in [6.45, 7) is -0.829. The number of aromatic hydroxyl groups is 1. The van der Waals surface area contributed by atoms with E-state index in [-0.39, 0.29) is 28.5 Å². The smallest absolute Gasteiger partial charge is 0.253 e. The maximum atomic E-state index is 12.6. The van der Waals surface area contributed by atoms with Gasteiger partial charge in [-0.3, -0.25) is 9.59 Å². The first kappa shape index (κ1) is 19.6. The highest BCUT2D eigenvalue weighted by molar-refractivity contribution is 7.89. The summed E-state index contributed by atoms with van der Waals surface area (Å²) in [6, 6.07) is 3.22. The van der Waals surface area contributed by atoms with Crippen LogP contribution in [0.3, 0.4) is 0 Å². The Balaban J connectivity index is 1.76. The molecule has 1 aliphatic rings. The van der Waals surface area contributed by atoms with E-state index in [1.165, 1.54) is 32.5 Å². The molecule has 0 bridgehead atoms. The molecule has 0 amide bonds. The number of aryl methyl sites for hydroxylation is 1. The monoisotopic (exact) mass is 496 g/mol. The predicted molar refractivity (Wildman–Crippen MR) is 126 cm³/mol. The lowest BCUT2D eigenvalue weighted by Crippen LogP contribution is -2.41. The van der Waals surface area contributed by atoms with Gasteiger partial charge in [0.1, 0.15) is 22.0 Å². The molecule has 0 saturated heterocycles. The maximum absolute atomic E-state index is 12.6. The fourth-order valence-corrected chi connectivity index (χ4v) is 5.39. The van der Waals surface area contributed by atoms with Crippen LogP contribution >= 0.6 is 11.6 Å². The van der Waals surface area contributed by atoms with Crippen LogP contribution in [0.5, 0.6) is 5.75 Å². The number of sulfonamides is 1. The van der Waals surface area contributed by atoms with Crippen molar-refractivity contribution in [3.63, 3.8) is 0 Å². The molecular formula is C22H24ClN3O6S. The number of halogens is 1. The molecule has 0 fully saturated rings. The summed E-state index contributed by atoms with van der Waals surface area (Å²) in [5.74, 6) is -0.159. The quantitative estimate of drug-likeness (QED) is 0.350.